The third-order valence-corrected chi connectivity index (χ3v) is 5.18. The second-order valence-corrected chi connectivity index (χ2v) is 6.75. The number of piperidine rings is 1. The molecule has 1 saturated carbocycles. The summed E-state index contributed by atoms with van der Waals surface area (Å²) in [5, 5.41) is 3.83. The number of hydrogen-bond acceptors (Lipinski definition) is 3. The quantitative estimate of drug-likeness (QED) is 0.831. The Morgan fingerprint density at radius 3 is 2.89 bits per heavy atom. The Morgan fingerprint density at radius 1 is 1.28 bits per heavy atom. The van der Waals surface area contributed by atoms with Crippen LogP contribution in [0.4, 0.5) is 0 Å². The van der Waals surface area contributed by atoms with Crippen molar-refractivity contribution in [1.82, 2.24) is 10.2 Å². The van der Waals surface area contributed by atoms with Gasteiger partial charge in [-0.15, -0.1) is 0 Å². The largest absolute Gasteiger partial charge is 0.375 e. The first kappa shape index (κ1) is 12.9. The molecule has 2 aliphatic heterocycles. The third-order valence-electron chi connectivity index (χ3n) is 5.18. The molecule has 2 unspecified atom stereocenters. The van der Waals surface area contributed by atoms with Crippen LogP contribution in [0.3, 0.4) is 0 Å². The minimum atomic E-state index is 0.291. The van der Waals surface area contributed by atoms with Crippen molar-refractivity contribution in [2.75, 3.05) is 33.3 Å². The minimum absolute atomic E-state index is 0.291. The van der Waals surface area contributed by atoms with E-state index in [9.17, 15) is 0 Å². The molecule has 1 N–H and O–H groups in total. The van der Waals surface area contributed by atoms with E-state index in [1.54, 1.807) is 0 Å². The predicted octanol–water partition coefficient (Wildman–Crippen LogP) is 2.02. The maximum Gasteiger partial charge on any atom is 0.0697 e. The first-order valence-electron chi connectivity index (χ1n) is 7.82. The molecule has 18 heavy (non-hydrogen) atoms. The van der Waals surface area contributed by atoms with Gasteiger partial charge in [-0.3, -0.25) is 0 Å². The third kappa shape index (κ3) is 2.89. The predicted molar refractivity (Wildman–Crippen MR) is 73.8 cm³/mol. The molecule has 0 bridgehead atoms. The van der Waals surface area contributed by atoms with E-state index in [0.717, 1.165) is 12.5 Å². The number of nitrogens with zero attached hydrogens (tertiary/aromatic N) is 1. The van der Waals surface area contributed by atoms with Gasteiger partial charge in [-0.1, -0.05) is 0 Å². The van der Waals surface area contributed by atoms with Crippen molar-refractivity contribution < 1.29 is 4.74 Å². The van der Waals surface area contributed by atoms with Crippen molar-refractivity contribution in [2.24, 2.45) is 5.92 Å². The lowest BCUT2D eigenvalue weighted by Crippen LogP contribution is -2.52. The number of nitrogens with one attached hydrogen (secondary N) is 1. The highest BCUT2D eigenvalue weighted by Gasteiger charge is 2.42. The summed E-state index contributed by atoms with van der Waals surface area (Å²) in [5.74, 6) is 0.865. The zero-order valence-corrected chi connectivity index (χ0v) is 11.8. The Hall–Kier alpha value is -0.120. The van der Waals surface area contributed by atoms with Gasteiger partial charge in [-0.25, -0.2) is 0 Å². The van der Waals surface area contributed by atoms with Crippen molar-refractivity contribution in [1.29, 1.82) is 0 Å². The lowest BCUT2D eigenvalue weighted by molar-refractivity contribution is -0.135. The van der Waals surface area contributed by atoms with Crippen LogP contribution in [0.25, 0.3) is 0 Å². The Morgan fingerprint density at radius 2 is 2.17 bits per heavy atom. The first-order valence-corrected chi connectivity index (χ1v) is 7.82. The molecule has 0 aromatic heterocycles. The Bertz CT molecular complexity index is 278. The zero-order valence-electron chi connectivity index (χ0n) is 11.8. The summed E-state index contributed by atoms with van der Waals surface area (Å²) >= 11 is 0. The molecular formula is C15H28N2O. The lowest BCUT2D eigenvalue weighted by Gasteiger charge is -2.47. The monoisotopic (exact) mass is 252 g/mol. The zero-order chi connectivity index (χ0) is 12.4. The van der Waals surface area contributed by atoms with Crippen LogP contribution in [-0.4, -0.2) is 49.8 Å². The second kappa shape index (κ2) is 5.48. The van der Waals surface area contributed by atoms with Crippen LogP contribution in [0.5, 0.6) is 0 Å². The number of rotatable bonds is 3. The lowest BCUT2D eigenvalue weighted by atomic mass is 9.74. The van der Waals surface area contributed by atoms with Crippen LogP contribution in [-0.2, 0) is 4.74 Å². The molecule has 3 heteroatoms. The molecule has 3 rings (SSSR count). The van der Waals surface area contributed by atoms with Gasteiger partial charge in [-0.2, -0.15) is 0 Å². The average Bonchev–Trinajstić information content (AvgIpc) is 2.35. The second-order valence-electron chi connectivity index (χ2n) is 6.75. The fourth-order valence-electron chi connectivity index (χ4n) is 3.89. The fourth-order valence-corrected chi connectivity index (χ4v) is 3.89. The maximum absolute atomic E-state index is 5.99. The normalized spacial score (nSPS) is 36.5. The molecule has 2 heterocycles. The van der Waals surface area contributed by atoms with Crippen LogP contribution in [0.1, 0.15) is 44.9 Å². The minimum Gasteiger partial charge on any atom is -0.375 e. The Labute approximate surface area is 111 Å². The Kier molecular flexibility index (Phi) is 3.92. The summed E-state index contributed by atoms with van der Waals surface area (Å²) in [6.07, 6.45) is 9.24. The van der Waals surface area contributed by atoms with E-state index >= 15 is 0 Å². The number of hydrogen-bond donors (Lipinski definition) is 1. The van der Waals surface area contributed by atoms with Crippen molar-refractivity contribution >= 4 is 0 Å². The summed E-state index contributed by atoms with van der Waals surface area (Å²) in [7, 11) is 2.25. The molecule has 1 spiro atoms. The maximum atomic E-state index is 5.99. The smallest absolute Gasteiger partial charge is 0.0697 e. The summed E-state index contributed by atoms with van der Waals surface area (Å²) < 4.78 is 5.99. The molecular weight excluding hydrogens is 224 g/mol. The topological polar surface area (TPSA) is 24.5 Å². The van der Waals surface area contributed by atoms with Crippen molar-refractivity contribution in [2.45, 2.75) is 56.6 Å². The van der Waals surface area contributed by atoms with Gasteiger partial charge in [0.2, 0.25) is 0 Å². The van der Waals surface area contributed by atoms with Crippen molar-refractivity contribution in [3.05, 3.63) is 0 Å². The van der Waals surface area contributed by atoms with E-state index in [-0.39, 0.29) is 0 Å². The fraction of sp³-hybridized carbons (Fsp3) is 1.00. The van der Waals surface area contributed by atoms with Gasteiger partial charge in [0.25, 0.3) is 0 Å². The summed E-state index contributed by atoms with van der Waals surface area (Å²) in [5.41, 5.74) is 0.291. The van der Waals surface area contributed by atoms with E-state index in [0.29, 0.717) is 11.6 Å². The van der Waals surface area contributed by atoms with E-state index < -0.39 is 0 Å². The van der Waals surface area contributed by atoms with Crippen LogP contribution in [0, 0.1) is 5.92 Å². The van der Waals surface area contributed by atoms with Gasteiger partial charge in [-0.05, 0) is 71.0 Å². The highest BCUT2D eigenvalue weighted by Crippen LogP contribution is 2.42. The standard InChI is InChI=1S/C15H28N2O/c1-17-8-2-4-13(12-17)11-16-14-5-9-18-15(10-14)6-3-7-15/h13-14,16H,2-12H2,1H3. The number of ether oxygens (including phenoxy) is 1. The highest BCUT2D eigenvalue weighted by atomic mass is 16.5. The highest BCUT2D eigenvalue weighted by molar-refractivity contribution is 4.96. The molecule has 3 nitrogen and oxygen atoms in total. The van der Waals surface area contributed by atoms with Gasteiger partial charge in [0.1, 0.15) is 0 Å². The Balaban J connectivity index is 1.42. The van der Waals surface area contributed by atoms with Crippen LogP contribution < -0.4 is 5.32 Å². The van der Waals surface area contributed by atoms with Crippen molar-refractivity contribution in [3.8, 4) is 0 Å². The van der Waals surface area contributed by atoms with Crippen LogP contribution in [0.2, 0.25) is 0 Å². The van der Waals surface area contributed by atoms with E-state index in [4.69, 9.17) is 4.74 Å². The van der Waals surface area contributed by atoms with Crippen molar-refractivity contribution in [3.63, 3.8) is 0 Å². The van der Waals surface area contributed by atoms with Gasteiger partial charge < -0.3 is 15.0 Å². The van der Waals surface area contributed by atoms with Crippen LogP contribution >= 0.6 is 0 Å². The summed E-state index contributed by atoms with van der Waals surface area (Å²) in [6, 6.07) is 0.714. The average molecular weight is 252 g/mol. The molecule has 104 valence electrons. The van der Waals surface area contributed by atoms with Gasteiger partial charge in [0, 0.05) is 19.2 Å². The molecule has 3 fully saturated rings. The van der Waals surface area contributed by atoms with Gasteiger partial charge >= 0.3 is 0 Å². The van der Waals surface area contributed by atoms with E-state index in [2.05, 4.69) is 17.3 Å². The molecule has 0 aromatic rings. The molecule has 0 radical (unpaired) electrons. The molecule has 1 aliphatic carbocycles. The van der Waals surface area contributed by atoms with Gasteiger partial charge in [0.05, 0.1) is 5.60 Å². The summed E-state index contributed by atoms with van der Waals surface area (Å²) in [6.45, 7) is 4.76. The molecule has 3 aliphatic rings. The van der Waals surface area contributed by atoms with E-state index in [1.165, 1.54) is 64.6 Å². The molecule has 2 saturated heterocycles. The summed E-state index contributed by atoms with van der Waals surface area (Å²) in [4.78, 5) is 2.48. The molecule has 2 atom stereocenters. The molecule has 0 amide bonds. The number of likely N-dealkylation sites (tertiary alicyclic amines) is 1. The first-order chi connectivity index (χ1) is 8.76. The van der Waals surface area contributed by atoms with Gasteiger partial charge in [0.15, 0.2) is 0 Å². The molecule has 0 aromatic carbocycles. The SMILES string of the molecule is CN1CCCC(CNC2CCOC3(CCC3)C2)C1. The van der Waals surface area contributed by atoms with Crippen LogP contribution in [0.15, 0.2) is 0 Å². The van der Waals surface area contributed by atoms with E-state index in [1.807, 2.05) is 0 Å².